The van der Waals surface area contributed by atoms with Crippen molar-refractivity contribution in [3.05, 3.63) is 0 Å². The van der Waals surface area contributed by atoms with Crippen molar-refractivity contribution >= 4 is 5.97 Å². The summed E-state index contributed by atoms with van der Waals surface area (Å²) in [6, 6.07) is 2.22. The number of ether oxygens (including phenoxy) is 1. The van der Waals surface area contributed by atoms with Gasteiger partial charge in [0.25, 0.3) is 0 Å². The number of unbranched alkanes of at least 4 members (excludes halogenated alkanes) is 1. The van der Waals surface area contributed by atoms with Gasteiger partial charge in [-0.25, -0.2) is 0 Å². The van der Waals surface area contributed by atoms with Crippen LogP contribution in [0.3, 0.4) is 0 Å². The summed E-state index contributed by atoms with van der Waals surface area (Å²) in [5.41, 5.74) is -0.645. The third-order valence-electron chi connectivity index (χ3n) is 3.03. The van der Waals surface area contributed by atoms with Crippen LogP contribution in [0.15, 0.2) is 0 Å². The van der Waals surface area contributed by atoms with Crippen LogP contribution < -0.4 is 0 Å². The molecule has 0 aliphatic rings. The van der Waals surface area contributed by atoms with Crippen molar-refractivity contribution < 1.29 is 9.53 Å². The van der Waals surface area contributed by atoms with Gasteiger partial charge in [-0.2, -0.15) is 5.26 Å². The van der Waals surface area contributed by atoms with Gasteiger partial charge in [0.15, 0.2) is 0 Å². The van der Waals surface area contributed by atoms with Gasteiger partial charge in [-0.05, 0) is 19.8 Å². The summed E-state index contributed by atoms with van der Waals surface area (Å²) < 4.78 is 4.81. The van der Waals surface area contributed by atoms with Crippen LogP contribution in [0.25, 0.3) is 0 Å². The lowest BCUT2D eigenvalue weighted by molar-refractivity contribution is -0.154. The van der Waals surface area contributed by atoms with E-state index in [0.29, 0.717) is 6.42 Å². The Balaban J connectivity index is 4.84. The monoisotopic (exact) mass is 211 g/mol. The van der Waals surface area contributed by atoms with Crippen LogP contribution in [-0.2, 0) is 9.53 Å². The fourth-order valence-corrected chi connectivity index (χ4v) is 1.88. The van der Waals surface area contributed by atoms with Crippen molar-refractivity contribution in [1.82, 2.24) is 0 Å². The molecule has 2 atom stereocenters. The van der Waals surface area contributed by atoms with Crippen molar-refractivity contribution in [2.45, 2.75) is 46.5 Å². The number of esters is 1. The van der Waals surface area contributed by atoms with Gasteiger partial charge >= 0.3 is 5.97 Å². The van der Waals surface area contributed by atoms with Gasteiger partial charge in [0.05, 0.1) is 24.5 Å². The standard InChI is InChI=1S/C12H21NO2/c1-5-7-8-12(3,11(14)15-4)10(6-2)9-13/h10H,5-8H2,1-4H3. The molecule has 0 bridgehead atoms. The molecule has 0 saturated heterocycles. The van der Waals surface area contributed by atoms with E-state index in [1.165, 1.54) is 7.11 Å². The fraction of sp³-hybridized carbons (Fsp3) is 0.833. The summed E-state index contributed by atoms with van der Waals surface area (Å²) in [5, 5.41) is 9.05. The summed E-state index contributed by atoms with van der Waals surface area (Å²) in [6.07, 6.45) is 3.38. The van der Waals surface area contributed by atoms with E-state index in [4.69, 9.17) is 10.00 Å². The lowest BCUT2D eigenvalue weighted by atomic mass is 9.73. The molecule has 0 aliphatic heterocycles. The Bertz CT molecular complexity index is 244. The molecule has 2 unspecified atom stereocenters. The van der Waals surface area contributed by atoms with Gasteiger partial charge in [-0.3, -0.25) is 4.79 Å². The largest absolute Gasteiger partial charge is 0.469 e. The van der Waals surface area contributed by atoms with Crippen LogP contribution >= 0.6 is 0 Å². The lowest BCUT2D eigenvalue weighted by Crippen LogP contribution is -2.36. The summed E-state index contributed by atoms with van der Waals surface area (Å²) in [5.74, 6) is -0.513. The zero-order valence-electron chi connectivity index (χ0n) is 10.2. The molecule has 15 heavy (non-hydrogen) atoms. The van der Waals surface area contributed by atoms with E-state index < -0.39 is 5.41 Å². The van der Waals surface area contributed by atoms with Crippen LogP contribution in [0.4, 0.5) is 0 Å². The third-order valence-corrected chi connectivity index (χ3v) is 3.03. The Morgan fingerprint density at radius 3 is 2.47 bits per heavy atom. The Morgan fingerprint density at radius 2 is 2.13 bits per heavy atom. The molecule has 0 saturated carbocycles. The number of carbonyl (C=O) groups excluding carboxylic acids is 1. The normalized spacial score (nSPS) is 16.2. The molecule has 0 spiro atoms. The topological polar surface area (TPSA) is 50.1 Å². The van der Waals surface area contributed by atoms with Crippen LogP contribution in [0.1, 0.15) is 46.5 Å². The number of rotatable bonds is 6. The van der Waals surface area contributed by atoms with Gasteiger partial charge in [0, 0.05) is 0 Å². The van der Waals surface area contributed by atoms with Crippen LogP contribution in [-0.4, -0.2) is 13.1 Å². The molecule has 0 aromatic heterocycles. The molecule has 0 amide bonds. The number of methoxy groups -OCH3 is 1. The second-order valence-corrected chi connectivity index (χ2v) is 4.10. The van der Waals surface area contributed by atoms with E-state index in [0.717, 1.165) is 19.3 Å². The molecule has 0 heterocycles. The zero-order valence-corrected chi connectivity index (χ0v) is 10.2. The van der Waals surface area contributed by atoms with Crippen LogP contribution in [0.2, 0.25) is 0 Å². The van der Waals surface area contributed by atoms with E-state index in [9.17, 15) is 4.79 Å². The van der Waals surface area contributed by atoms with E-state index in [1.807, 2.05) is 13.8 Å². The highest BCUT2D eigenvalue weighted by Crippen LogP contribution is 2.36. The quantitative estimate of drug-likeness (QED) is 0.635. The van der Waals surface area contributed by atoms with Gasteiger partial charge in [-0.15, -0.1) is 0 Å². The zero-order chi connectivity index (χ0) is 11.9. The van der Waals surface area contributed by atoms with Gasteiger partial charge in [-0.1, -0.05) is 26.7 Å². The maximum atomic E-state index is 11.7. The molecule has 3 nitrogen and oxygen atoms in total. The first-order valence-electron chi connectivity index (χ1n) is 5.54. The number of hydrogen-bond acceptors (Lipinski definition) is 3. The van der Waals surface area contributed by atoms with Crippen molar-refractivity contribution in [1.29, 1.82) is 5.26 Å². The van der Waals surface area contributed by atoms with Gasteiger partial charge in [0.2, 0.25) is 0 Å². The van der Waals surface area contributed by atoms with Gasteiger partial charge in [0.1, 0.15) is 0 Å². The second-order valence-electron chi connectivity index (χ2n) is 4.10. The van der Waals surface area contributed by atoms with E-state index in [-0.39, 0.29) is 11.9 Å². The minimum Gasteiger partial charge on any atom is -0.469 e. The smallest absolute Gasteiger partial charge is 0.312 e. The minimum atomic E-state index is -0.645. The highest BCUT2D eigenvalue weighted by molar-refractivity contribution is 5.77. The molecule has 0 radical (unpaired) electrons. The molecule has 0 aromatic carbocycles. The predicted molar refractivity (Wildman–Crippen MR) is 59.0 cm³/mol. The van der Waals surface area contributed by atoms with Crippen molar-refractivity contribution in [2.24, 2.45) is 11.3 Å². The highest BCUT2D eigenvalue weighted by Gasteiger charge is 2.41. The predicted octanol–water partition coefficient (Wildman–Crippen LogP) is 2.91. The average Bonchev–Trinajstić information content (AvgIpc) is 2.26. The number of nitriles is 1. The Labute approximate surface area is 92.4 Å². The van der Waals surface area contributed by atoms with Crippen molar-refractivity contribution in [3.63, 3.8) is 0 Å². The van der Waals surface area contributed by atoms with E-state index >= 15 is 0 Å². The first kappa shape index (κ1) is 14.0. The Morgan fingerprint density at radius 1 is 1.53 bits per heavy atom. The minimum absolute atomic E-state index is 0.253. The van der Waals surface area contributed by atoms with E-state index in [2.05, 4.69) is 13.0 Å². The average molecular weight is 211 g/mol. The first-order valence-corrected chi connectivity index (χ1v) is 5.54. The Kier molecular flexibility index (Phi) is 6.00. The van der Waals surface area contributed by atoms with E-state index in [1.54, 1.807) is 0 Å². The second kappa shape index (κ2) is 6.44. The molecule has 86 valence electrons. The molecular formula is C12H21NO2. The summed E-state index contributed by atoms with van der Waals surface area (Å²) in [6.45, 7) is 5.85. The van der Waals surface area contributed by atoms with Crippen LogP contribution in [0, 0.1) is 22.7 Å². The maximum absolute atomic E-state index is 11.7. The van der Waals surface area contributed by atoms with Crippen molar-refractivity contribution in [3.8, 4) is 6.07 Å². The SMILES string of the molecule is CCCCC(C)(C(=O)OC)C(C#N)CC. The Hall–Kier alpha value is -1.04. The van der Waals surface area contributed by atoms with Gasteiger partial charge < -0.3 is 4.74 Å². The number of hydrogen-bond donors (Lipinski definition) is 0. The first-order chi connectivity index (χ1) is 7.06. The van der Waals surface area contributed by atoms with Crippen molar-refractivity contribution in [2.75, 3.05) is 7.11 Å². The summed E-state index contributed by atoms with van der Waals surface area (Å²) in [7, 11) is 1.39. The molecule has 0 N–H and O–H groups in total. The summed E-state index contributed by atoms with van der Waals surface area (Å²) >= 11 is 0. The molecule has 0 fully saturated rings. The fourth-order valence-electron chi connectivity index (χ4n) is 1.88. The molecule has 3 heteroatoms. The highest BCUT2D eigenvalue weighted by atomic mass is 16.5. The van der Waals surface area contributed by atoms with Crippen LogP contribution in [0.5, 0.6) is 0 Å². The lowest BCUT2D eigenvalue weighted by Gasteiger charge is -2.30. The summed E-state index contributed by atoms with van der Waals surface area (Å²) in [4.78, 5) is 11.7. The maximum Gasteiger partial charge on any atom is 0.312 e. The molecule has 0 aliphatic carbocycles. The molecular weight excluding hydrogens is 190 g/mol. The number of nitrogens with zero attached hydrogens (tertiary/aromatic N) is 1. The number of carbonyl (C=O) groups is 1. The molecule has 0 rings (SSSR count). The molecule has 0 aromatic rings. The third kappa shape index (κ3) is 3.23.